The summed E-state index contributed by atoms with van der Waals surface area (Å²) in [5.74, 6) is 6.97. The Balaban J connectivity index is 2.05. The largest absolute Gasteiger partial charge is 0.368 e. The molecule has 0 aliphatic heterocycles. The number of hydrogen-bond acceptors (Lipinski definition) is 6. The van der Waals surface area contributed by atoms with Gasteiger partial charge in [0.1, 0.15) is 18.0 Å². The van der Waals surface area contributed by atoms with E-state index in [0.717, 1.165) is 17.9 Å². The Hall–Kier alpha value is -1.01. The summed E-state index contributed by atoms with van der Waals surface area (Å²) in [6, 6.07) is 0. The number of anilines is 2. The van der Waals surface area contributed by atoms with E-state index in [0.29, 0.717) is 10.6 Å². The van der Waals surface area contributed by atoms with Gasteiger partial charge in [0.2, 0.25) is 0 Å². The number of rotatable bonds is 5. The molecule has 1 aromatic rings. The molecule has 0 saturated heterocycles. The van der Waals surface area contributed by atoms with Crippen molar-refractivity contribution >= 4 is 23.4 Å². The molecule has 5 nitrogen and oxygen atoms in total. The number of thioether (sulfide) groups is 1. The van der Waals surface area contributed by atoms with Crippen molar-refractivity contribution < 1.29 is 0 Å². The zero-order valence-corrected chi connectivity index (χ0v) is 11.8. The standard InChI is InChI=1S/C12H21N5S/c1-9-10(15-8-16-11(9)17-13)14-7-12(18-2)5-3-4-6-12/h8H,3-7,13H2,1-2H3,(H2,14,15,16,17). The number of hydrogen-bond donors (Lipinski definition) is 3. The van der Waals surface area contributed by atoms with Gasteiger partial charge in [0.15, 0.2) is 0 Å². The highest BCUT2D eigenvalue weighted by molar-refractivity contribution is 8.00. The van der Waals surface area contributed by atoms with Gasteiger partial charge in [0.25, 0.3) is 0 Å². The van der Waals surface area contributed by atoms with Crippen LogP contribution < -0.4 is 16.6 Å². The molecular weight excluding hydrogens is 246 g/mol. The monoisotopic (exact) mass is 267 g/mol. The maximum absolute atomic E-state index is 5.42. The summed E-state index contributed by atoms with van der Waals surface area (Å²) in [5, 5.41) is 3.45. The van der Waals surface area contributed by atoms with Crippen LogP contribution in [0.1, 0.15) is 31.2 Å². The van der Waals surface area contributed by atoms with Crippen molar-refractivity contribution in [3.8, 4) is 0 Å². The number of nitrogens with one attached hydrogen (secondary N) is 2. The van der Waals surface area contributed by atoms with E-state index in [1.807, 2.05) is 18.7 Å². The molecule has 1 aliphatic rings. The molecule has 0 bridgehead atoms. The van der Waals surface area contributed by atoms with Crippen LogP contribution in [0.15, 0.2) is 6.33 Å². The molecule has 1 heterocycles. The van der Waals surface area contributed by atoms with Crippen molar-refractivity contribution in [3.05, 3.63) is 11.9 Å². The molecule has 1 saturated carbocycles. The maximum atomic E-state index is 5.42. The topological polar surface area (TPSA) is 75.9 Å². The molecule has 2 rings (SSSR count). The minimum atomic E-state index is 0.369. The average molecular weight is 267 g/mol. The Bertz CT molecular complexity index is 403. The first-order valence-electron chi connectivity index (χ1n) is 6.28. The lowest BCUT2D eigenvalue weighted by atomic mass is 10.1. The maximum Gasteiger partial charge on any atom is 0.148 e. The van der Waals surface area contributed by atoms with E-state index >= 15 is 0 Å². The van der Waals surface area contributed by atoms with Gasteiger partial charge in [-0.1, -0.05) is 12.8 Å². The second-order valence-corrected chi connectivity index (χ2v) is 6.06. The number of nitrogens with zero attached hydrogens (tertiary/aromatic N) is 2. The zero-order chi connectivity index (χ0) is 13.0. The van der Waals surface area contributed by atoms with E-state index in [1.165, 1.54) is 32.0 Å². The molecule has 6 heteroatoms. The highest BCUT2D eigenvalue weighted by atomic mass is 32.2. The Morgan fingerprint density at radius 2 is 2.00 bits per heavy atom. The Kier molecular flexibility index (Phi) is 4.29. The van der Waals surface area contributed by atoms with Crippen molar-refractivity contribution in [2.75, 3.05) is 23.5 Å². The van der Waals surface area contributed by atoms with Gasteiger partial charge >= 0.3 is 0 Å². The van der Waals surface area contributed by atoms with Gasteiger partial charge in [-0.15, -0.1) is 0 Å². The van der Waals surface area contributed by atoms with Gasteiger partial charge in [-0.05, 0) is 26.0 Å². The normalized spacial score (nSPS) is 17.7. The van der Waals surface area contributed by atoms with Crippen molar-refractivity contribution in [1.82, 2.24) is 9.97 Å². The Morgan fingerprint density at radius 1 is 1.33 bits per heavy atom. The number of nitrogen functional groups attached to an aromatic ring is 1. The molecule has 0 radical (unpaired) electrons. The van der Waals surface area contributed by atoms with E-state index in [4.69, 9.17) is 5.84 Å². The summed E-state index contributed by atoms with van der Waals surface area (Å²) in [5.41, 5.74) is 3.56. The average Bonchev–Trinajstić information content (AvgIpc) is 2.87. The molecule has 1 fully saturated rings. The first-order chi connectivity index (χ1) is 8.71. The fourth-order valence-corrected chi connectivity index (χ4v) is 3.40. The molecule has 0 amide bonds. The van der Waals surface area contributed by atoms with E-state index in [9.17, 15) is 0 Å². The molecule has 18 heavy (non-hydrogen) atoms. The van der Waals surface area contributed by atoms with Crippen molar-refractivity contribution in [2.24, 2.45) is 5.84 Å². The lowest BCUT2D eigenvalue weighted by molar-refractivity contribution is 0.638. The van der Waals surface area contributed by atoms with Crippen molar-refractivity contribution in [3.63, 3.8) is 0 Å². The van der Waals surface area contributed by atoms with E-state index in [1.54, 1.807) is 0 Å². The van der Waals surface area contributed by atoms with Gasteiger partial charge in [0.05, 0.1) is 0 Å². The molecule has 0 atom stereocenters. The smallest absolute Gasteiger partial charge is 0.148 e. The van der Waals surface area contributed by atoms with Crippen molar-refractivity contribution in [1.29, 1.82) is 0 Å². The quantitative estimate of drug-likeness (QED) is 0.560. The zero-order valence-electron chi connectivity index (χ0n) is 11.0. The lowest BCUT2D eigenvalue weighted by Gasteiger charge is -2.27. The summed E-state index contributed by atoms with van der Waals surface area (Å²) in [7, 11) is 0. The molecule has 1 aliphatic carbocycles. The van der Waals surface area contributed by atoms with Crippen molar-refractivity contribution in [2.45, 2.75) is 37.4 Å². The summed E-state index contributed by atoms with van der Waals surface area (Å²) in [6.45, 7) is 2.92. The summed E-state index contributed by atoms with van der Waals surface area (Å²) in [4.78, 5) is 8.37. The molecule has 0 spiro atoms. The highest BCUT2D eigenvalue weighted by Crippen LogP contribution is 2.40. The Labute approximate surface area is 112 Å². The van der Waals surface area contributed by atoms with Crippen LogP contribution in [0.4, 0.5) is 11.6 Å². The fraction of sp³-hybridized carbons (Fsp3) is 0.667. The van der Waals surface area contributed by atoms with Crippen LogP contribution in [0.3, 0.4) is 0 Å². The number of hydrazine groups is 1. The van der Waals surface area contributed by atoms with Crippen LogP contribution in [0.2, 0.25) is 0 Å². The van der Waals surface area contributed by atoms with Crippen LogP contribution in [0.25, 0.3) is 0 Å². The van der Waals surface area contributed by atoms with Crippen LogP contribution in [0.5, 0.6) is 0 Å². The van der Waals surface area contributed by atoms with Crippen LogP contribution in [0, 0.1) is 6.92 Å². The van der Waals surface area contributed by atoms with E-state index in [2.05, 4.69) is 27.0 Å². The van der Waals surface area contributed by atoms with E-state index < -0.39 is 0 Å². The first kappa shape index (κ1) is 13.4. The number of aromatic nitrogens is 2. The SMILES string of the molecule is CSC1(CNc2ncnc(NN)c2C)CCCC1. The van der Waals surface area contributed by atoms with Gasteiger partial charge in [-0.25, -0.2) is 15.8 Å². The van der Waals surface area contributed by atoms with Crippen LogP contribution in [-0.4, -0.2) is 27.5 Å². The molecule has 0 aromatic carbocycles. The molecule has 1 aromatic heterocycles. The molecule has 4 N–H and O–H groups in total. The van der Waals surface area contributed by atoms with E-state index in [-0.39, 0.29) is 0 Å². The van der Waals surface area contributed by atoms with Gasteiger partial charge in [0, 0.05) is 16.9 Å². The van der Waals surface area contributed by atoms with Crippen LogP contribution in [-0.2, 0) is 0 Å². The second-order valence-electron chi connectivity index (χ2n) is 4.79. The third-order valence-corrected chi connectivity index (χ3v) is 5.17. The predicted molar refractivity (Wildman–Crippen MR) is 77.8 cm³/mol. The predicted octanol–water partition coefficient (Wildman–Crippen LogP) is 2.16. The summed E-state index contributed by atoms with van der Waals surface area (Å²) in [6.07, 6.45) is 8.97. The third-order valence-electron chi connectivity index (χ3n) is 3.75. The minimum Gasteiger partial charge on any atom is -0.368 e. The number of nitrogens with two attached hydrogens (primary N) is 1. The second kappa shape index (κ2) is 5.75. The van der Waals surface area contributed by atoms with Gasteiger partial charge in [-0.3, -0.25) is 0 Å². The summed E-state index contributed by atoms with van der Waals surface area (Å²) < 4.78 is 0.369. The third kappa shape index (κ3) is 2.70. The minimum absolute atomic E-state index is 0.369. The molecule has 0 unspecified atom stereocenters. The van der Waals surface area contributed by atoms with Crippen LogP contribution >= 0.6 is 11.8 Å². The molecular formula is C12H21N5S. The van der Waals surface area contributed by atoms with Gasteiger partial charge < -0.3 is 10.7 Å². The van der Waals surface area contributed by atoms with Gasteiger partial charge in [-0.2, -0.15) is 11.8 Å². The first-order valence-corrected chi connectivity index (χ1v) is 7.50. The Morgan fingerprint density at radius 3 is 2.61 bits per heavy atom. The fourth-order valence-electron chi connectivity index (χ4n) is 2.49. The summed E-state index contributed by atoms with van der Waals surface area (Å²) >= 11 is 1.97. The highest BCUT2D eigenvalue weighted by Gasteiger charge is 2.32. The molecule has 100 valence electrons. The lowest BCUT2D eigenvalue weighted by Crippen LogP contribution is -2.30.